The number of non-ortho nitro benzene ring substituents is 1. The molecule has 0 spiro atoms. The number of nitro groups is 1. The lowest BCUT2D eigenvalue weighted by Gasteiger charge is -2.27. The lowest BCUT2D eigenvalue weighted by Crippen LogP contribution is -2.54. The highest BCUT2D eigenvalue weighted by Gasteiger charge is 2.37. The molecule has 1 saturated heterocycles. The van der Waals surface area contributed by atoms with Crippen LogP contribution in [-0.4, -0.2) is 22.8 Å². The van der Waals surface area contributed by atoms with Gasteiger partial charge in [0.25, 0.3) is 17.5 Å². The highest BCUT2D eigenvalue weighted by Crippen LogP contribution is 2.30. The number of hydrogen-bond acceptors (Lipinski definition) is 6. The molecule has 0 unspecified atom stereocenters. The summed E-state index contributed by atoms with van der Waals surface area (Å²) in [6.45, 7) is 3.79. The number of halogens is 1. The second-order valence-corrected chi connectivity index (χ2v) is 9.01. The van der Waals surface area contributed by atoms with Crippen molar-refractivity contribution < 1.29 is 24.0 Å². The van der Waals surface area contributed by atoms with Gasteiger partial charge in [0.05, 0.1) is 15.1 Å². The van der Waals surface area contributed by atoms with Crippen molar-refractivity contribution in [1.82, 2.24) is 5.32 Å². The number of aryl methyl sites for hydroxylation is 2. The van der Waals surface area contributed by atoms with Gasteiger partial charge in [0, 0.05) is 12.1 Å². The second kappa shape index (κ2) is 10.1. The van der Waals surface area contributed by atoms with Crippen LogP contribution < -0.4 is 15.0 Å². The molecule has 1 N–H and O–H groups in total. The van der Waals surface area contributed by atoms with Crippen LogP contribution in [0.5, 0.6) is 5.75 Å². The van der Waals surface area contributed by atoms with E-state index < -0.39 is 22.8 Å². The largest absolute Gasteiger partial charge is 0.488 e. The molecule has 0 saturated carbocycles. The van der Waals surface area contributed by atoms with E-state index >= 15 is 0 Å². The Morgan fingerprint density at radius 3 is 2.53 bits per heavy atom. The third-order valence-corrected chi connectivity index (χ3v) is 6.10. The normalized spacial score (nSPS) is 14.7. The number of carbonyl (C=O) groups is 3. The maximum atomic E-state index is 13.2. The Bertz CT molecular complexity index is 1450. The van der Waals surface area contributed by atoms with Crippen molar-refractivity contribution in [3.05, 3.63) is 103 Å². The molecular weight excluding hydrogens is 530 g/mol. The molecule has 36 heavy (non-hydrogen) atoms. The molecule has 0 aromatic heterocycles. The summed E-state index contributed by atoms with van der Waals surface area (Å²) in [7, 11) is 0. The Labute approximate surface area is 214 Å². The maximum Gasteiger partial charge on any atom is 0.335 e. The van der Waals surface area contributed by atoms with E-state index in [9.17, 15) is 24.5 Å². The van der Waals surface area contributed by atoms with Gasteiger partial charge in [0.15, 0.2) is 0 Å². The van der Waals surface area contributed by atoms with Crippen molar-refractivity contribution in [1.29, 1.82) is 0 Å². The molecule has 1 aliphatic heterocycles. The summed E-state index contributed by atoms with van der Waals surface area (Å²) < 4.78 is 6.32. The van der Waals surface area contributed by atoms with Crippen LogP contribution in [0, 0.1) is 24.0 Å². The number of nitrogens with one attached hydrogen (secondary N) is 1. The van der Waals surface area contributed by atoms with Crippen molar-refractivity contribution in [2.75, 3.05) is 4.90 Å². The van der Waals surface area contributed by atoms with Gasteiger partial charge >= 0.3 is 6.03 Å². The fourth-order valence-electron chi connectivity index (χ4n) is 3.74. The molecule has 4 amide bonds. The lowest BCUT2D eigenvalue weighted by atomic mass is 10.0. The van der Waals surface area contributed by atoms with Gasteiger partial charge in [0.2, 0.25) is 0 Å². The van der Waals surface area contributed by atoms with Gasteiger partial charge in [0.1, 0.15) is 17.9 Å². The number of amides is 4. The smallest absolute Gasteiger partial charge is 0.335 e. The molecule has 10 heteroatoms. The third-order valence-electron chi connectivity index (χ3n) is 5.48. The number of anilines is 1. The first-order valence-electron chi connectivity index (χ1n) is 10.8. The molecule has 1 aliphatic rings. The number of carbonyl (C=O) groups excluding carboxylic acids is 3. The number of nitro benzene ring substituents is 1. The zero-order valence-corrected chi connectivity index (χ0v) is 20.9. The van der Waals surface area contributed by atoms with Gasteiger partial charge in [-0.25, -0.2) is 9.69 Å². The minimum absolute atomic E-state index is 0.0269. The average molecular weight is 550 g/mol. The maximum absolute atomic E-state index is 13.2. The SMILES string of the molecule is Cc1ccc(N2C(=O)NC(=O)/C(=C\c3ccc(OCc4cccc([N+](=O)[O-])c4)c(Br)c3)C2=O)c(C)c1. The number of hydrogen-bond donors (Lipinski definition) is 1. The summed E-state index contributed by atoms with van der Waals surface area (Å²) in [4.78, 5) is 49.6. The van der Waals surface area contributed by atoms with Crippen molar-refractivity contribution in [2.24, 2.45) is 0 Å². The van der Waals surface area contributed by atoms with E-state index in [1.165, 1.54) is 18.2 Å². The first-order valence-corrected chi connectivity index (χ1v) is 11.6. The summed E-state index contributed by atoms with van der Waals surface area (Å²) in [5, 5.41) is 13.2. The summed E-state index contributed by atoms with van der Waals surface area (Å²) >= 11 is 3.42. The van der Waals surface area contributed by atoms with Crippen molar-refractivity contribution in [3.63, 3.8) is 0 Å². The van der Waals surface area contributed by atoms with Gasteiger partial charge in [-0.05, 0) is 70.7 Å². The second-order valence-electron chi connectivity index (χ2n) is 8.15. The molecule has 0 atom stereocenters. The topological polar surface area (TPSA) is 119 Å². The van der Waals surface area contributed by atoms with Crippen LogP contribution >= 0.6 is 15.9 Å². The number of barbiturate groups is 1. The first-order chi connectivity index (χ1) is 17.1. The van der Waals surface area contributed by atoms with Crippen LogP contribution in [0.1, 0.15) is 22.3 Å². The molecule has 1 fully saturated rings. The zero-order chi connectivity index (χ0) is 26.0. The Kier molecular flexibility index (Phi) is 6.98. The fraction of sp³-hybridized carbons (Fsp3) is 0.115. The van der Waals surface area contributed by atoms with E-state index in [2.05, 4.69) is 21.2 Å². The monoisotopic (exact) mass is 549 g/mol. The van der Waals surface area contributed by atoms with Crippen LogP contribution in [0.2, 0.25) is 0 Å². The molecule has 0 radical (unpaired) electrons. The van der Waals surface area contributed by atoms with Gasteiger partial charge in [-0.15, -0.1) is 0 Å². The predicted molar refractivity (Wildman–Crippen MR) is 136 cm³/mol. The van der Waals surface area contributed by atoms with Gasteiger partial charge in [-0.3, -0.25) is 25.0 Å². The molecule has 182 valence electrons. The lowest BCUT2D eigenvalue weighted by molar-refractivity contribution is -0.384. The number of rotatable bonds is 6. The van der Waals surface area contributed by atoms with E-state index in [1.807, 2.05) is 13.0 Å². The summed E-state index contributed by atoms with van der Waals surface area (Å²) in [6.07, 6.45) is 1.40. The number of imide groups is 2. The minimum Gasteiger partial charge on any atom is -0.488 e. The van der Waals surface area contributed by atoms with Crippen LogP contribution in [0.3, 0.4) is 0 Å². The molecule has 3 aromatic rings. The molecule has 0 bridgehead atoms. The average Bonchev–Trinajstić information content (AvgIpc) is 2.82. The van der Waals surface area contributed by atoms with Gasteiger partial charge in [-0.2, -0.15) is 0 Å². The van der Waals surface area contributed by atoms with E-state index in [1.54, 1.807) is 49.4 Å². The van der Waals surface area contributed by atoms with E-state index in [4.69, 9.17) is 4.74 Å². The predicted octanol–water partition coefficient (Wildman–Crippen LogP) is 5.22. The molecule has 4 rings (SSSR count). The summed E-state index contributed by atoms with van der Waals surface area (Å²) in [5.74, 6) is -1.04. The first kappa shape index (κ1) is 24.8. The molecular formula is C26H20BrN3O6. The van der Waals surface area contributed by atoms with Crippen molar-refractivity contribution in [2.45, 2.75) is 20.5 Å². The molecule has 9 nitrogen and oxygen atoms in total. The number of urea groups is 1. The molecule has 3 aromatic carbocycles. The van der Waals surface area contributed by atoms with Crippen molar-refractivity contribution in [3.8, 4) is 5.75 Å². The standard InChI is InChI=1S/C26H20BrN3O6/c1-15-6-8-22(16(2)10-15)29-25(32)20(24(31)28-26(29)33)12-17-7-9-23(21(27)13-17)36-14-18-4-3-5-19(11-18)30(34)35/h3-13H,14H2,1-2H3,(H,28,31,33)/b20-12+. The zero-order valence-electron chi connectivity index (χ0n) is 19.3. The Hall–Kier alpha value is -4.31. The highest BCUT2D eigenvalue weighted by atomic mass is 79.9. The van der Waals surface area contributed by atoms with Gasteiger partial charge in [-0.1, -0.05) is 35.9 Å². The number of nitrogens with zero attached hydrogens (tertiary/aromatic N) is 2. The minimum atomic E-state index is -0.805. The van der Waals surface area contributed by atoms with E-state index in [0.717, 1.165) is 16.0 Å². The van der Waals surface area contributed by atoms with E-state index in [-0.39, 0.29) is 17.9 Å². The fourth-order valence-corrected chi connectivity index (χ4v) is 4.25. The Morgan fingerprint density at radius 2 is 1.83 bits per heavy atom. The Morgan fingerprint density at radius 1 is 1.06 bits per heavy atom. The Balaban J connectivity index is 1.56. The molecule has 0 aliphatic carbocycles. The number of benzene rings is 3. The van der Waals surface area contributed by atoms with Crippen LogP contribution in [-0.2, 0) is 16.2 Å². The van der Waals surface area contributed by atoms with Crippen LogP contribution in [0.4, 0.5) is 16.2 Å². The van der Waals surface area contributed by atoms with E-state index in [0.29, 0.717) is 27.0 Å². The molecule has 1 heterocycles. The summed E-state index contributed by atoms with van der Waals surface area (Å²) in [6, 6.07) is 15.6. The number of ether oxygens (including phenoxy) is 1. The van der Waals surface area contributed by atoms with Crippen LogP contribution in [0.25, 0.3) is 6.08 Å². The third kappa shape index (κ3) is 5.18. The summed E-state index contributed by atoms with van der Waals surface area (Å²) in [5.41, 5.74) is 3.03. The van der Waals surface area contributed by atoms with Gasteiger partial charge < -0.3 is 4.74 Å². The highest BCUT2D eigenvalue weighted by molar-refractivity contribution is 9.10. The van der Waals surface area contributed by atoms with Crippen molar-refractivity contribution >= 4 is 51.2 Å². The van der Waals surface area contributed by atoms with Crippen LogP contribution in [0.15, 0.2) is 70.7 Å². The quantitative estimate of drug-likeness (QED) is 0.195.